The molecular weight excluding hydrogens is 354 g/mol. The Kier molecular flexibility index (Phi) is 9.40. The van der Waals surface area contributed by atoms with Gasteiger partial charge < -0.3 is 11.1 Å². The summed E-state index contributed by atoms with van der Waals surface area (Å²) in [5.41, 5.74) is 12.6. The highest BCUT2D eigenvalue weighted by Gasteiger charge is 2.19. The minimum absolute atomic E-state index is 0.333. The number of allylic oxidation sites excluding steroid dienone is 5. The molecule has 0 amide bonds. The first-order chi connectivity index (χ1) is 14.0. The standard InChI is InChI=1S/C23H30N2.C3H9N/c1-4-9-20-19-10-7-8-11-21(19)24-22-15-14-18(16-23(22)25-20)13-12-17(5-2)6-3;1-3(2)4/h5,8,11,14-17,25H,2,4,6-7,9-10,12-13H2,1,3H3;3H,4H2,1-2H3. The quantitative estimate of drug-likeness (QED) is 0.486. The summed E-state index contributed by atoms with van der Waals surface area (Å²) < 4.78 is 0. The fraction of sp³-hybridized carbons (Fsp3) is 0.500. The van der Waals surface area contributed by atoms with E-state index in [-0.39, 0.29) is 0 Å². The molecule has 1 aliphatic carbocycles. The topological polar surface area (TPSA) is 50.4 Å². The fourth-order valence-corrected chi connectivity index (χ4v) is 3.67. The van der Waals surface area contributed by atoms with Crippen LogP contribution in [0.25, 0.3) is 0 Å². The van der Waals surface area contributed by atoms with Crippen LogP contribution in [0, 0.1) is 5.92 Å². The van der Waals surface area contributed by atoms with Gasteiger partial charge in [-0.15, -0.1) is 6.58 Å². The average molecular weight is 394 g/mol. The maximum atomic E-state index is 5.11. The summed E-state index contributed by atoms with van der Waals surface area (Å²) in [5, 5.41) is 3.73. The number of hydrogen-bond acceptors (Lipinski definition) is 3. The third-order valence-corrected chi connectivity index (χ3v) is 5.26. The SMILES string of the molecule is C=CC(CC)CCc1ccc2c(c1)NC(CCC)=C1CCC=CC1=N2.CC(C)N. The molecule has 1 aromatic carbocycles. The summed E-state index contributed by atoms with van der Waals surface area (Å²) in [6, 6.07) is 7.04. The Morgan fingerprint density at radius 1 is 1.24 bits per heavy atom. The van der Waals surface area contributed by atoms with E-state index in [0.717, 1.165) is 49.2 Å². The minimum Gasteiger partial charge on any atom is -0.357 e. The van der Waals surface area contributed by atoms with Crippen molar-refractivity contribution >= 4 is 17.1 Å². The van der Waals surface area contributed by atoms with Gasteiger partial charge in [-0.3, -0.25) is 0 Å². The van der Waals surface area contributed by atoms with E-state index in [9.17, 15) is 0 Å². The van der Waals surface area contributed by atoms with Crippen molar-refractivity contribution in [3.63, 3.8) is 0 Å². The van der Waals surface area contributed by atoms with E-state index in [1.807, 2.05) is 13.8 Å². The maximum Gasteiger partial charge on any atom is 0.0871 e. The second-order valence-electron chi connectivity index (χ2n) is 8.31. The highest BCUT2D eigenvalue weighted by atomic mass is 15.0. The van der Waals surface area contributed by atoms with E-state index in [4.69, 9.17) is 10.7 Å². The molecule has 1 heterocycles. The number of rotatable bonds is 7. The molecule has 1 unspecified atom stereocenters. The van der Waals surface area contributed by atoms with E-state index in [1.165, 1.54) is 29.7 Å². The van der Waals surface area contributed by atoms with Crippen LogP contribution in [0.3, 0.4) is 0 Å². The van der Waals surface area contributed by atoms with Crippen LogP contribution >= 0.6 is 0 Å². The highest BCUT2D eigenvalue weighted by Crippen LogP contribution is 2.35. The second kappa shape index (κ2) is 11.8. The molecular formula is C26H39N3. The van der Waals surface area contributed by atoms with Gasteiger partial charge in [0, 0.05) is 5.70 Å². The van der Waals surface area contributed by atoms with Gasteiger partial charge >= 0.3 is 0 Å². The third kappa shape index (κ3) is 7.01. The number of hydrogen-bond donors (Lipinski definition) is 2. The van der Waals surface area contributed by atoms with Gasteiger partial charge in [0.05, 0.1) is 17.1 Å². The van der Waals surface area contributed by atoms with E-state index >= 15 is 0 Å². The summed E-state index contributed by atoms with van der Waals surface area (Å²) in [5.74, 6) is 0.609. The lowest BCUT2D eigenvalue weighted by molar-refractivity contribution is 0.574. The molecule has 3 heteroatoms. The lowest BCUT2D eigenvalue weighted by Crippen LogP contribution is -2.10. The number of benzene rings is 1. The second-order valence-corrected chi connectivity index (χ2v) is 8.31. The van der Waals surface area contributed by atoms with Crippen LogP contribution in [0.15, 0.2) is 59.3 Å². The minimum atomic E-state index is 0.333. The molecule has 0 saturated heterocycles. The molecule has 0 radical (unpaired) electrons. The molecule has 1 aromatic rings. The number of anilines is 1. The van der Waals surface area contributed by atoms with Crippen molar-refractivity contribution in [1.29, 1.82) is 0 Å². The van der Waals surface area contributed by atoms with Crippen molar-refractivity contribution in [2.75, 3.05) is 5.32 Å². The number of nitrogens with two attached hydrogens (primary N) is 1. The van der Waals surface area contributed by atoms with Gasteiger partial charge in [0.1, 0.15) is 0 Å². The Hall–Kier alpha value is -2.13. The molecule has 3 rings (SSSR count). The average Bonchev–Trinajstić information content (AvgIpc) is 2.85. The van der Waals surface area contributed by atoms with Crippen LogP contribution in [-0.2, 0) is 6.42 Å². The van der Waals surface area contributed by atoms with Crippen molar-refractivity contribution in [2.45, 2.75) is 78.7 Å². The molecule has 158 valence electrons. The number of aliphatic imine (C=N–C) groups is 1. The van der Waals surface area contributed by atoms with Crippen LogP contribution in [0.4, 0.5) is 11.4 Å². The van der Waals surface area contributed by atoms with Crippen LogP contribution < -0.4 is 11.1 Å². The lowest BCUT2D eigenvalue weighted by Gasteiger charge is -2.17. The Balaban J connectivity index is 0.000000687. The van der Waals surface area contributed by atoms with Crippen molar-refractivity contribution in [1.82, 2.24) is 0 Å². The van der Waals surface area contributed by atoms with Gasteiger partial charge in [0.15, 0.2) is 0 Å². The van der Waals surface area contributed by atoms with Gasteiger partial charge in [-0.2, -0.15) is 0 Å². The van der Waals surface area contributed by atoms with Crippen molar-refractivity contribution in [3.8, 4) is 0 Å². The monoisotopic (exact) mass is 393 g/mol. The zero-order valence-corrected chi connectivity index (χ0v) is 18.8. The van der Waals surface area contributed by atoms with E-state index in [1.54, 1.807) is 0 Å². The van der Waals surface area contributed by atoms with Crippen LogP contribution in [0.5, 0.6) is 0 Å². The van der Waals surface area contributed by atoms with E-state index < -0.39 is 0 Å². The molecule has 1 aliphatic heterocycles. The largest absolute Gasteiger partial charge is 0.357 e. The molecule has 0 bridgehead atoms. The number of aryl methyl sites for hydroxylation is 1. The van der Waals surface area contributed by atoms with Crippen molar-refractivity contribution in [3.05, 3.63) is 59.8 Å². The van der Waals surface area contributed by atoms with Crippen LogP contribution in [-0.4, -0.2) is 11.8 Å². The molecule has 3 N–H and O–H groups in total. The number of fused-ring (bicyclic) bond motifs is 2. The van der Waals surface area contributed by atoms with Gasteiger partial charge in [-0.05, 0) is 79.8 Å². The first kappa shape index (κ1) is 23.2. The number of nitrogens with zero attached hydrogens (tertiary/aromatic N) is 1. The first-order valence-electron chi connectivity index (χ1n) is 11.2. The summed E-state index contributed by atoms with van der Waals surface area (Å²) in [4.78, 5) is 4.96. The van der Waals surface area contributed by atoms with Crippen LogP contribution in [0.1, 0.15) is 71.8 Å². The van der Waals surface area contributed by atoms with Gasteiger partial charge in [0.25, 0.3) is 0 Å². The zero-order chi connectivity index (χ0) is 21.2. The highest BCUT2D eigenvalue weighted by molar-refractivity contribution is 6.12. The molecule has 0 aromatic heterocycles. The lowest BCUT2D eigenvalue weighted by atomic mass is 9.95. The van der Waals surface area contributed by atoms with Gasteiger partial charge in [-0.1, -0.05) is 52.3 Å². The first-order valence-corrected chi connectivity index (χ1v) is 11.2. The van der Waals surface area contributed by atoms with Crippen molar-refractivity contribution in [2.24, 2.45) is 16.6 Å². The molecule has 29 heavy (non-hydrogen) atoms. The smallest absolute Gasteiger partial charge is 0.0871 e. The molecule has 1 atom stereocenters. The van der Waals surface area contributed by atoms with E-state index in [2.05, 4.69) is 62.2 Å². The Labute approximate surface area is 177 Å². The molecule has 2 aliphatic rings. The van der Waals surface area contributed by atoms with Crippen LogP contribution in [0.2, 0.25) is 0 Å². The predicted octanol–water partition coefficient (Wildman–Crippen LogP) is 7.09. The maximum absolute atomic E-state index is 5.11. The molecule has 0 spiro atoms. The number of nitrogens with one attached hydrogen (secondary N) is 1. The fourth-order valence-electron chi connectivity index (χ4n) is 3.67. The van der Waals surface area contributed by atoms with E-state index in [0.29, 0.717) is 12.0 Å². The van der Waals surface area contributed by atoms with Gasteiger partial charge in [0.2, 0.25) is 0 Å². The normalized spacial score (nSPS) is 16.0. The zero-order valence-electron chi connectivity index (χ0n) is 18.8. The molecule has 0 fully saturated rings. The summed E-state index contributed by atoms with van der Waals surface area (Å²) in [6.45, 7) is 12.3. The molecule has 0 saturated carbocycles. The predicted molar refractivity (Wildman–Crippen MR) is 129 cm³/mol. The third-order valence-electron chi connectivity index (χ3n) is 5.26. The van der Waals surface area contributed by atoms with Crippen molar-refractivity contribution < 1.29 is 0 Å². The van der Waals surface area contributed by atoms with Gasteiger partial charge in [-0.25, -0.2) is 4.99 Å². The molecule has 3 nitrogen and oxygen atoms in total. The Bertz CT molecular complexity index is 765. The summed E-state index contributed by atoms with van der Waals surface area (Å²) in [6.07, 6.45) is 14.4. The Morgan fingerprint density at radius 3 is 2.66 bits per heavy atom. The Morgan fingerprint density at radius 2 is 2.00 bits per heavy atom. The summed E-state index contributed by atoms with van der Waals surface area (Å²) >= 11 is 0. The summed E-state index contributed by atoms with van der Waals surface area (Å²) in [7, 11) is 0.